The molecule has 4 nitrogen and oxygen atoms in total. The molecule has 128 valence electrons. The fourth-order valence-electron chi connectivity index (χ4n) is 2.91. The fourth-order valence-corrected chi connectivity index (χ4v) is 3.53. The molecule has 2 aromatic carbocycles. The first kappa shape index (κ1) is 16.3. The van der Waals surface area contributed by atoms with Crippen molar-refractivity contribution in [2.45, 2.75) is 6.54 Å². The van der Waals surface area contributed by atoms with Crippen LogP contribution in [0.15, 0.2) is 83.4 Å². The predicted molar refractivity (Wildman–Crippen MR) is 107 cm³/mol. The summed E-state index contributed by atoms with van der Waals surface area (Å²) in [4.78, 5) is 12.6. The number of benzene rings is 2. The highest BCUT2D eigenvalue weighted by Crippen LogP contribution is 2.21. The molecule has 4 aromatic rings. The molecular weight excluding hydrogens is 342 g/mol. The molecule has 0 aliphatic rings. The van der Waals surface area contributed by atoms with Gasteiger partial charge in [-0.3, -0.25) is 4.79 Å². The summed E-state index contributed by atoms with van der Waals surface area (Å²) in [6.45, 7) is 0.788. The number of fused-ring (bicyclic) bond motifs is 1. The Hall–Kier alpha value is -3.18. The van der Waals surface area contributed by atoms with Crippen molar-refractivity contribution in [2.24, 2.45) is 5.10 Å². The first-order valence-corrected chi connectivity index (χ1v) is 9.18. The summed E-state index contributed by atoms with van der Waals surface area (Å²) < 4.78 is 2.20. The molecule has 0 aliphatic heterocycles. The van der Waals surface area contributed by atoms with Gasteiger partial charge in [0.25, 0.3) is 5.91 Å². The second-order valence-electron chi connectivity index (χ2n) is 5.89. The van der Waals surface area contributed by atoms with Crippen LogP contribution >= 0.6 is 11.3 Å². The van der Waals surface area contributed by atoms with Crippen molar-refractivity contribution in [3.05, 3.63) is 94.3 Å². The molecule has 1 amide bonds. The van der Waals surface area contributed by atoms with Crippen LogP contribution in [-0.4, -0.2) is 16.7 Å². The molecule has 0 unspecified atom stereocenters. The first-order chi connectivity index (χ1) is 12.8. The predicted octanol–water partition coefficient (Wildman–Crippen LogP) is 4.52. The number of aromatic nitrogens is 1. The summed E-state index contributed by atoms with van der Waals surface area (Å²) in [7, 11) is 0. The van der Waals surface area contributed by atoms with Crippen molar-refractivity contribution >= 4 is 34.4 Å². The van der Waals surface area contributed by atoms with Gasteiger partial charge in [-0.1, -0.05) is 54.6 Å². The van der Waals surface area contributed by atoms with Crippen LogP contribution in [0.5, 0.6) is 0 Å². The fraction of sp³-hybridized carbons (Fsp3) is 0.0476. The second-order valence-corrected chi connectivity index (χ2v) is 6.84. The summed E-state index contributed by atoms with van der Waals surface area (Å²) in [5, 5.41) is 7.12. The van der Waals surface area contributed by atoms with Crippen molar-refractivity contribution < 1.29 is 4.79 Å². The zero-order valence-corrected chi connectivity index (χ0v) is 14.8. The average molecular weight is 359 g/mol. The lowest BCUT2D eigenvalue weighted by molar-refractivity contribution is 0.0959. The summed E-state index contributed by atoms with van der Waals surface area (Å²) in [5.41, 5.74) is 5.94. The van der Waals surface area contributed by atoms with E-state index in [1.54, 1.807) is 12.3 Å². The van der Waals surface area contributed by atoms with Gasteiger partial charge in [0.15, 0.2) is 0 Å². The molecule has 2 aromatic heterocycles. The third-order valence-corrected chi connectivity index (χ3v) is 5.00. The molecule has 0 radical (unpaired) electrons. The van der Waals surface area contributed by atoms with Crippen molar-refractivity contribution in [3.8, 4) is 0 Å². The van der Waals surface area contributed by atoms with E-state index in [1.807, 2.05) is 41.8 Å². The SMILES string of the molecule is O=C(N/N=C\c1cn(Cc2ccccc2)c2ccccc12)c1cccs1. The topological polar surface area (TPSA) is 46.4 Å². The number of nitrogens with zero attached hydrogens (tertiary/aromatic N) is 2. The molecule has 4 rings (SSSR count). The van der Waals surface area contributed by atoms with E-state index in [1.165, 1.54) is 16.9 Å². The Balaban J connectivity index is 1.59. The van der Waals surface area contributed by atoms with Crippen LogP contribution in [0, 0.1) is 0 Å². The molecule has 5 heteroatoms. The van der Waals surface area contributed by atoms with Crippen LogP contribution in [0.2, 0.25) is 0 Å². The van der Waals surface area contributed by atoms with Gasteiger partial charge in [0, 0.05) is 29.2 Å². The normalized spacial score (nSPS) is 11.2. The smallest absolute Gasteiger partial charge is 0.281 e. The Kier molecular flexibility index (Phi) is 4.62. The maximum Gasteiger partial charge on any atom is 0.281 e. The van der Waals surface area contributed by atoms with Gasteiger partial charge in [-0.05, 0) is 23.1 Å². The summed E-state index contributed by atoms with van der Waals surface area (Å²) in [6.07, 6.45) is 3.77. The van der Waals surface area contributed by atoms with Crippen molar-refractivity contribution in [1.82, 2.24) is 9.99 Å². The van der Waals surface area contributed by atoms with Gasteiger partial charge in [0.2, 0.25) is 0 Å². The van der Waals surface area contributed by atoms with E-state index in [-0.39, 0.29) is 5.91 Å². The summed E-state index contributed by atoms with van der Waals surface area (Å²) in [5.74, 6) is -0.190. The van der Waals surface area contributed by atoms with Gasteiger partial charge < -0.3 is 4.57 Å². The molecule has 0 fully saturated rings. The molecule has 1 N–H and O–H groups in total. The highest BCUT2D eigenvalue weighted by atomic mass is 32.1. The number of amides is 1. The summed E-state index contributed by atoms with van der Waals surface area (Å²) >= 11 is 1.40. The van der Waals surface area contributed by atoms with E-state index < -0.39 is 0 Å². The quantitative estimate of drug-likeness (QED) is 0.413. The van der Waals surface area contributed by atoms with E-state index in [2.05, 4.69) is 45.6 Å². The number of para-hydroxylation sites is 1. The lowest BCUT2D eigenvalue weighted by Gasteiger charge is -2.05. The second kappa shape index (κ2) is 7.37. The van der Waals surface area contributed by atoms with Gasteiger partial charge in [0.05, 0.1) is 11.1 Å². The lowest BCUT2D eigenvalue weighted by atomic mass is 10.2. The summed E-state index contributed by atoms with van der Waals surface area (Å²) in [6, 6.07) is 22.2. The number of nitrogens with one attached hydrogen (secondary N) is 1. The van der Waals surface area contributed by atoms with Gasteiger partial charge in [-0.15, -0.1) is 11.3 Å². The minimum atomic E-state index is -0.190. The third-order valence-electron chi connectivity index (χ3n) is 4.13. The van der Waals surface area contributed by atoms with Crippen molar-refractivity contribution in [1.29, 1.82) is 0 Å². The Labute approximate surface area is 155 Å². The average Bonchev–Trinajstić information content (AvgIpc) is 3.32. The Morgan fingerprint density at radius 1 is 1.04 bits per heavy atom. The Morgan fingerprint density at radius 2 is 1.85 bits per heavy atom. The zero-order chi connectivity index (χ0) is 17.8. The number of rotatable bonds is 5. The van der Waals surface area contributed by atoms with Crippen LogP contribution in [0.1, 0.15) is 20.8 Å². The van der Waals surface area contributed by atoms with E-state index in [0.29, 0.717) is 4.88 Å². The molecule has 0 aliphatic carbocycles. The minimum Gasteiger partial charge on any atom is -0.342 e. The van der Waals surface area contributed by atoms with Crippen molar-refractivity contribution in [2.75, 3.05) is 0 Å². The number of hydrogen-bond acceptors (Lipinski definition) is 3. The molecule has 0 bridgehead atoms. The zero-order valence-electron chi connectivity index (χ0n) is 14.0. The first-order valence-electron chi connectivity index (χ1n) is 8.30. The van der Waals surface area contributed by atoms with E-state index in [9.17, 15) is 4.79 Å². The van der Waals surface area contributed by atoms with Crippen LogP contribution in [-0.2, 0) is 6.54 Å². The molecule has 0 saturated carbocycles. The van der Waals surface area contributed by atoms with E-state index >= 15 is 0 Å². The van der Waals surface area contributed by atoms with Gasteiger partial charge in [-0.25, -0.2) is 5.43 Å². The molecule has 0 saturated heterocycles. The monoisotopic (exact) mass is 359 g/mol. The number of thiophene rings is 1. The number of carbonyl (C=O) groups is 1. The molecule has 0 spiro atoms. The number of hydrazone groups is 1. The Morgan fingerprint density at radius 3 is 2.65 bits per heavy atom. The van der Waals surface area contributed by atoms with Crippen LogP contribution in [0.3, 0.4) is 0 Å². The molecular formula is C21H17N3OS. The van der Waals surface area contributed by atoms with E-state index in [4.69, 9.17) is 0 Å². The van der Waals surface area contributed by atoms with Gasteiger partial charge in [-0.2, -0.15) is 5.10 Å². The third kappa shape index (κ3) is 3.43. The van der Waals surface area contributed by atoms with Crippen molar-refractivity contribution in [3.63, 3.8) is 0 Å². The minimum absolute atomic E-state index is 0.190. The van der Waals surface area contributed by atoms with Crippen LogP contribution in [0.25, 0.3) is 10.9 Å². The molecule has 26 heavy (non-hydrogen) atoms. The standard InChI is InChI=1S/C21H17N3OS/c25-21(20-11-6-12-26-20)23-22-13-17-15-24(14-16-7-2-1-3-8-16)19-10-5-4-9-18(17)19/h1-13,15H,14H2,(H,23,25)/b22-13-. The van der Waals surface area contributed by atoms with Crippen LogP contribution in [0.4, 0.5) is 0 Å². The van der Waals surface area contributed by atoms with E-state index in [0.717, 1.165) is 23.0 Å². The molecule has 2 heterocycles. The highest BCUT2D eigenvalue weighted by Gasteiger charge is 2.08. The van der Waals surface area contributed by atoms with Gasteiger partial charge in [0.1, 0.15) is 0 Å². The maximum absolute atomic E-state index is 12.0. The Bertz CT molecular complexity index is 1050. The molecule has 0 atom stereocenters. The number of carbonyl (C=O) groups excluding carboxylic acids is 1. The van der Waals surface area contributed by atoms with Crippen LogP contribution < -0.4 is 5.43 Å². The number of hydrogen-bond donors (Lipinski definition) is 1. The maximum atomic E-state index is 12.0. The lowest BCUT2D eigenvalue weighted by Crippen LogP contribution is -2.16. The van der Waals surface area contributed by atoms with Gasteiger partial charge >= 0.3 is 0 Å². The highest BCUT2D eigenvalue weighted by molar-refractivity contribution is 7.12. The largest absolute Gasteiger partial charge is 0.342 e.